The molecule has 0 N–H and O–H groups in total. The van der Waals surface area contributed by atoms with Crippen LogP contribution in [0.5, 0.6) is 0 Å². The summed E-state index contributed by atoms with van der Waals surface area (Å²) in [5.41, 5.74) is 2.23. The summed E-state index contributed by atoms with van der Waals surface area (Å²) < 4.78 is 2.20. The molecule has 0 spiro atoms. The highest BCUT2D eigenvalue weighted by atomic mass is 32.1. The maximum absolute atomic E-state index is 4.53. The fourth-order valence-electron chi connectivity index (χ4n) is 1.86. The third-order valence-electron chi connectivity index (χ3n) is 2.62. The molecule has 0 saturated carbocycles. The molecular formula is C12H11N3S. The lowest BCUT2D eigenvalue weighted by molar-refractivity contribution is 0.780. The second kappa shape index (κ2) is 3.72. The van der Waals surface area contributed by atoms with Crippen molar-refractivity contribution in [3.8, 4) is 0 Å². The van der Waals surface area contributed by atoms with Crippen LogP contribution in [0, 0.1) is 6.92 Å². The van der Waals surface area contributed by atoms with Crippen LogP contribution >= 0.6 is 11.3 Å². The van der Waals surface area contributed by atoms with Crippen molar-refractivity contribution in [3.05, 3.63) is 46.7 Å². The molecule has 3 aromatic rings. The standard InChI is InChI=1S/C12H11N3S/c1-9-14-10-4-2-3-5-11(10)15(9)8-12-13-6-7-16-12/h2-7H,8H2,1H3. The van der Waals surface area contributed by atoms with E-state index in [9.17, 15) is 0 Å². The van der Waals surface area contributed by atoms with Gasteiger partial charge >= 0.3 is 0 Å². The first-order valence-electron chi connectivity index (χ1n) is 5.15. The number of hydrogen-bond donors (Lipinski definition) is 0. The zero-order valence-corrected chi connectivity index (χ0v) is 9.74. The fourth-order valence-corrected chi connectivity index (χ4v) is 2.47. The van der Waals surface area contributed by atoms with E-state index in [1.807, 2.05) is 36.7 Å². The van der Waals surface area contributed by atoms with Crippen molar-refractivity contribution in [2.24, 2.45) is 0 Å². The van der Waals surface area contributed by atoms with Crippen LogP contribution in [0.4, 0.5) is 0 Å². The predicted molar refractivity (Wildman–Crippen MR) is 65.7 cm³/mol. The zero-order chi connectivity index (χ0) is 11.0. The molecule has 0 aliphatic carbocycles. The summed E-state index contributed by atoms with van der Waals surface area (Å²) in [6, 6.07) is 8.20. The minimum Gasteiger partial charge on any atom is -0.321 e. The van der Waals surface area contributed by atoms with Crippen molar-refractivity contribution >= 4 is 22.4 Å². The maximum Gasteiger partial charge on any atom is 0.112 e. The van der Waals surface area contributed by atoms with Crippen LogP contribution < -0.4 is 0 Å². The largest absolute Gasteiger partial charge is 0.321 e. The van der Waals surface area contributed by atoms with Crippen LogP contribution in [0.1, 0.15) is 10.8 Å². The van der Waals surface area contributed by atoms with Crippen molar-refractivity contribution in [3.63, 3.8) is 0 Å². The summed E-state index contributed by atoms with van der Waals surface area (Å²) in [6.45, 7) is 2.84. The second-order valence-electron chi connectivity index (χ2n) is 3.66. The van der Waals surface area contributed by atoms with Crippen molar-refractivity contribution in [2.75, 3.05) is 0 Å². The van der Waals surface area contributed by atoms with Crippen LogP contribution in [0.25, 0.3) is 11.0 Å². The Morgan fingerprint density at radius 2 is 2.19 bits per heavy atom. The van der Waals surface area contributed by atoms with E-state index in [0.29, 0.717) is 0 Å². The number of rotatable bonds is 2. The lowest BCUT2D eigenvalue weighted by Gasteiger charge is -2.03. The van der Waals surface area contributed by atoms with Gasteiger partial charge in [-0.15, -0.1) is 11.3 Å². The molecule has 2 heterocycles. The molecule has 80 valence electrons. The molecule has 4 heteroatoms. The topological polar surface area (TPSA) is 30.7 Å². The summed E-state index contributed by atoms with van der Waals surface area (Å²) >= 11 is 1.68. The number of fused-ring (bicyclic) bond motifs is 1. The van der Waals surface area contributed by atoms with E-state index in [4.69, 9.17) is 0 Å². The number of aryl methyl sites for hydroxylation is 1. The lowest BCUT2D eigenvalue weighted by atomic mass is 10.3. The number of imidazole rings is 1. The van der Waals surface area contributed by atoms with Gasteiger partial charge in [-0.3, -0.25) is 0 Å². The Labute approximate surface area is 97.4 Å². The summed E-state index contributed by atoms with van der Waals surface area (Å²) in [5.74, 6) is 1.04. The normalized spacial score (nSPS) is 11.1. The third kappa shape index (κ3) is 1.51. The molecule has 0 radical (unpaired) electrons. The van der Waals surface area contributed by atoms with Gasteiger partial charge in [-0.2, -0.15) is 0 Å². The SMILES string of the molecule is Cc1nc2ccccc2n1Cc1nccs1. The van der Waals surface area contributed by atoms with Crippen LogP contribution in [-0.2, 0) is 6.54 Å². The van der Waals surface area contributed by atoms with Gasteiger partial charge in [0.1, 0.15) is 10.8 Å². The molecule has 1 aromatic carbocycles. The van der Waals surface area contributed by atoms with Gasteiger partial charge in [-0.25, -0.2) is 9.97 Å². The minimum absolute atomic E-state index is 0.810. The van der Waals surface area contributed by atoms with Crippen LogP contribution in [0.3, 0.4) is 0 Å². The Balaban J connectivity index is 2.12. The molecule has 0 saturated heterocycles. The van der Waals surface area contributed by atoms with Gasteiger partial charge in [0.15, 0.2) is 0 Å². The fraction of sp³-hybridized carbons (Fsp3) is 0.167. The Morgan fingerprint density at radius 1 is 1.31 bits per heavy atom. The highest BCUT2D eigenvalue weighted by Crippen LogP contribution is 2.17. The van der Waals surface area contributed by atoms with Gasteiger partial charge in [-0.1, -0.05) is 12.1 Å². The molecule has 0 aliphatic heterocycles. The maximum atomic E-state index is 4.53. The zero-order valence-electron chi connectivity index (χ0n) is 8.92. The molecule has 0 fully saturated rings. The van der Waals surface area contributed by atoms with E-state index in [1.165, 1.54) is 5.52 Å². The van der Waals surface area contributed by atoms with E-state index in [-0.39, 0.29) is 0 Å². The second-order valence-corrected chi connectivity index (χ2v) is 4.64. The van der Waals surface area contributed by atoms with Crippen molar-refractivity contribution in [1.82, 2.24) is 14.5 Å². The summed E-state index contributed by atoms with van der Waals surface area (Å²) in [7, 11) is 0. The van der Waals surface area contributed by atoms with Gasteiger partial charge in [0, 0.05) is 11.6 Å². The lowest BCUT2D eigenvalue weighted by Crippen LogP contribution is -2.01. The predicted octanol–water partition coefficient (Wildman–Crippen LogP) is 2.85. The average Bonchev–Trinajstić information content (AvgIpc) is 2.89. The molecule has 0 atom stereocenters. The number of hydrogen-bond acceptors (Lipinski definition) is 3. The van der Waals surface area contributed by atoms with E-state index >= 15 is 0 Å². The molecule has 0 unspecified atom stereocenters. The minimum atomic E-state index is 0.810. The first-order chi connectivity index (χ1) is 7.84. The van der Waals surface area contributed by atoms with E-state index in [0.717, 1.165) is 22.9 Å². The highest BCUT2D eigenvalue weighted by Gasteiger charge is 2.07. The Morgan fingerprint density at radius 3 is 3.00 bits per heavy atom. The van der Waals surface area contributed by atoms with Crippen molar-refractivity contribution in [2.45, 2.75) is 13.5 Å². The number of benzene rings is 1. The molecule has 0 bridgehead atoms. The van der Waals surface area contributed by atoms with Gasteiger partial charge in [0.05, 0.1) is 17.6 Å². The number of aromatic nitrogens is 3. The number of para-hydroxylation sites is 2. The number of nitrogens with zero attached hydrogens (tertiary/aromatic N) is 3. The molecule has 16 heavy (non-hydrogen) atoms. The van der Waals surface area contributed by atoms with Gasteiger partial charge in [-0.05, 0) is 19.1 Å². The van der Waals surface area contributed by atoms with E-state index in [2.05, 4.69) is 20.6 Å². The molecular weight excluding hydrogens is 218 g/mol. The molecule has 3 nitrogen and oxygen atoms in total. The number of thiazole rings is 1. The highest BCUT2D eigenvalue weighted by molar-refractivity contribution is 7.09. The third-order valence-corrected chi connectivity index (χ3v) is 3.39. The smallest absolute Gasteiger partial charge is 0.112 e. The molecule has 3 rings (SSSR count). The monoisotopic (exact) mass is 229 g/mol. The van der Waals surface area contributed by atoms with Gasteiger partial charge in [0.2, 0.25) is 0 Å². The average molecular weight is 229 g/mol. The van der Waals surface area contributed by atoms with Crippen molar-refractivity contribution < 1.29 is 0 Å². The van der Waals surface area contributed by atoms with Crippen LogP contribution in [0.15, 0.2) is 35.8 Å². The Bertz CT molecular complexity index is 610. The van der Waals surface area contributed by atoms with E-state index < -0.39 is 0 Å². The van der Waals surface area contributed by atoms with Crippen LogP contribution in [-0.4, -0.2) is 14.5 Å². The Hall–Kier alpha value is -1.68. The first-order valence-corrected chi connectivity index (χ1v) is 6.03. The van der Waals surface area contributed by atoms with Crippen LogP contribution in [0.2, 0.25) is 0 Å². The van der Waals surface area contributed by atoms with Crippen molar-refractivity contribution in [1.29, 1.82) is 0 Å². The first kappa shape index (κ1) is 9.54. The summed E-state index contributed by atoms with van der Waals surface area (Å²) in [6.07, 6.45) is 1.84. The quantitative estimate of drug-likeness (QED) is 0.676. The summed E-state index contributed by atoms with van der Waals surface area (Å²) in [5, 5.41) is 3.12. The summed E-state index contributed by atoms with van der Waals surface area (Å²) in [4.78, 5) is 8.84. The Kier molecular flexibility index (Phi) is 2.22. The molecule has 0 amide bonds. The molecule has 0 aliphatic rings. The van der Waals surface area contributed by atoms with E-state index in [1.54, 1.807) is 11.3 Å². The van der Waals surface area contributed by atoms with Gasteiger partial charge in [0.25, 0.3) is 0 Å². The van der Waals surface area contributed by atoms with Gasteiger partial charge < -0.3 is 4.57 Å². The molecule has 2 aromatic heterocycles.